The molecule has 1 aliphatic heterocycles. The summed E-state index contributed by atoms with van der Waals surface area (Å²) in [5, 5.41) is 8.31. The van der Waals surface area contributed by atoms with Crippen LogP contribution in [0.15, 0.2) is 24.5 Å². The van der Waals surface area contributed by atoms with E-state index in [0.717, 1.165) is 24.5 Å². The molecule has 0 amide bonds. The van der Waals surface area contributed by atoms with Crippen molar-refractivity contribution in [2.45, 2.75) is 83.1 Å². The minimum absolute atomic E-state index is 0.128. The molecule has 1 saturated carbocycles. The number of thiocarbonyl (C=S) groups is 1. The normalized spacial score (nSPS) is 22.8. The highest BCUT2D eigenvalue weighted by atomic mass is 32.1. The van der Waals surface area contributed by atoms with Crippen LogP contribution >= 0.6 is 12.2 Å². The van der Waals surface area contributed by atoms with Gasteiger partial charge in [-0.05, 0) is 77.2 Å². The van der Waals surface area contributed by atoms with Gasteiger partial charge in [0.05, 0.1) is 0 Å². The zero-order valence-corrected chi connectivity index (χ0v) is 16.1. The Bertz CT molecular complexity index is 564. The van der Waals surface area contributed by atoms with E-state index < -0.39 is 0 Å². The third kappa shape index (κ3) is 4.67. The molecule has 132 valence electrons. The fraction of sp³-hybridized carbons (Fsp3) is 0.684. The van der Waals surface area contributed by atoms with Gasteiger partial charge in [-0.3, -0.25) is 4.98 Å². The first-order valence-electron chi connectivity index (χ1n) is 8.99. The molecule has 1 aliphatic carbocycles. The highest BCUT2D eigenvalue weighted by molar-refractivity contribution is 7.80. The number of hydrogen-bond acceptors (Lipinski definition) is 3. The van der Waals surface area contributed by atoms with E-state index in [1.807, 2.05) is 18.5 Å². The molecule has 1 saturated heterocycles. The average molecular weight is 347 g/mol. The fourth-order valence-electron chi connectivity index (χ4n) is 4.12. The van der Waals surface area contributed by atoms with Gasteiger partial charge in [0.2, 0.25) is 0 Å². The van der Waals surface area contributed by atoms with Crippen LogP contribution < -0.4 is 10.6 Å². The van der Waals surface area contributed by atoms with Crippen LogP contribution in [0.5, 0.6) is 0 Å². The third-order valence-corrected chi connectivity index (χ3v) is 5.19. The lowest BCUT2D eigenvalue weighted by atomic mass is 9.80. The monoisotopic (exact) mass is 346 g/mol. The van der Waals surface area contributed by atoms with Gasteiger partial charge in [-0.1, -0.05) is 6.07 Å². The molecule has 0 aromatic carbocycles. The lowest BCUT2D eigenvalue weighted by Gasteiger charge is -2.47. The minimum atomic E-state index is 0.128. The second kappa shape index (κ2) is 6.60. The number of piperidine rings is 1. The number of pyridine rings is 1. The number of nitrogens with zero attached hydrogens (tertiary/aromatic N) is 2. The van der Waals surface area contributed by atoms with E-state index in [4.69, 9.17) is 12.2 Å². The summed E-state index contributed by atoms with van der Waals surface area (Å²) < 4.78 is 0. The van der Waals surface area contributed by atoms with E-state index in [1.54, 1.807) is 0 Å². The molecule has 2 aliphatic rings. The second-order valence-corrected chi connectivity index (χ2v) is 9.05. The second-order valence-electron chi connectivity index (χ2n) is 8.67. The molecular formula is C19H30N4S. The number of hydrogen-bond donors (Lipinski definition) is 2. The van der Waals surface area contributed by atoms with Gasteiger partial charge in [0.25, 0.3) is 0 Å². The first-order chi connectivity index (χ1) is 11.2. The van der Waals surface area contributed by atoms with Crippen LogP contribution in [0.4, 0.5) is 0 Å². The largest absolute Gasteiger partial charge is 0.360 e. The molecule has 0 spiro atoms. The predicted octanol–water partition coefficient (Wildman–Crippen LogP) is 3.23. The third-order valence-electron chi connectivity index (χ3n) is 4.84. The topological polar surface area (TPSA) is 40.2 Å². The van der Waals surface area contributed by atoms with Crippen molar-refractivity contribution in [3.63, 3.8) is 0 Å². The van der Waals surface area contributed by atoms with Crippen molar-refractivity contribution in [2.24, 2.45) is 0 Å². The minimum Gasteiger partial charge on any atom is -0.360 e. The van der Waals surface area contributed by atoms with Crippen molar-refractivity contribution in [2.75, 3.05) is 0 Å². The molecule has 1 aromatic heterocycles. The molecule has 3 rings (SSSR count). The van der Waals surface area contributed by atoms with E-state index >= 15 is 0 Å². The Morgan fingerprint density at radius 1 is 1.29 bits per heavy atom. The molecule has 4 nitrogen and oxygen atoms in total. The first-order valence-corrected chi connectivity index (χ1v) is 9.40. The lowest BCUT2D eigenvalue weighted by molar-refractivity contribution is 0.153. The SMILES string of the molecule is CC1(C)CC(NC(=S)N(Cc2cccnc2)C2CC2)CC(C)(C)N1. The summed E-state index contributed by atoms with van der Waals surface area (Å²) in [7, 11) is 0. The first kappa shape index (κ1) is 17.6. The maximum absolute atomic E-state index is 5.80. The van der Waals surface area contributed by atoms with Crippen LogP contribution in [-0.4, -0.2) is 38.2 Å². The van der Waals surface area contributed by atoms with E-state index in [-0.39, 0.29) is 11.1 Å². The van der Waals surface area contributed by atoms with E-state index in [0.29, 0.717) is 12.1 Å². The van der Waals surface area contributed by atoms with Gasteiger partial charge in [0.15, 0.2) is 5.11 Å². The van der Waals surface area contributed by atoms with Crippen LogP contribution in [0.3, 0.4) is 0 Å². The Hall–Kier alpha value is -1.20. The summed E-state index contributed by atoms with van der Waals surface area (Å²) in [4.78, 5) is 6.59. The van der Waals surface area contributed by atoms with Gasteiger partial charge in [-0.15, -0.1) is 0 Å². The van der Waals surface area contributed by atoms with E-state index in [9.17, 15) is 0 Å². The molecular weight excluding hydrogens is 316 g/mol. The smallest absolute Gasteiger partial charge is 0.169 e. The molecule has 0 unspecified atom stereocenters. The van der Waals surface area contributed by atoms with Gasteiger partial charge in [-0.2, -0.15) is 0 Å². The zero-order chi connectivity index (χ0) is 17.4. The van der Waals surface area contributed by atoms with Crippen LogP contribution in [0, 0.1) is 0 Å². The molecule has 0 atom stereocenters. The van der Waals surface area contributed by atoms with Crippen molar-refractivity contribution in [3.05, 3.63) is 30.1 Å². The Morgan fingerprint density at radius 2 is 1.96 bits per heavy atom. The molecule has 0 radical (unpaired) electrons. The quantitative estimate of drug-likeness (QED) is 0.819. The van der Waals surface area contributed by atoms with Crippen molar-refractivity contribution < 1.29 is 0 Å². The molecule has 2 fully saturated rings. The Morgan fingerprint density at radius 3 is 2.50 bits per heavy atom. The zero-order valence-electron chi connectivity index (χ0n) is 15.3. The Kier molecular flexibility index (Phi) is 4.85. The molecule has 24 heavy (non-hydrogen) atoms. The van der Waals surface area contributed by atoms with Crippen molar-refractivity contribution in [3.8, 4) is 0 Å². The lowest BCUT2D eigenvalue weighted by Crippen LogP contribution is -2.63. The van der Waals surface area contributed by atoms with E-state index in [2.05, 4.69) is 54.3 Å². The van der Waals surface area contributed by atoms with Gasteiger partial charge < -0.3 is 15.5 Å². The number of nitrogens with one attached hydrogen (secondary N) is 2. The van der Waals surface area contributed by atoms with Gasteiger partial charge in [-0.25, -0.2) is 0 Å². The Labute approximate surface area is 151 Å². The highest BCUT2D eigenvalue weighted by Gasteiger charge is 2.39. The van der Waals surface area contributed by atoms with E-state index in [1.165, 1.54) is 18.4 Å². The van der Waals surface area contributed by atoms with Gasteiger partial charge in [0, 0.05) is 42.1 Å². The molecule has 2 N–H and O–H groups in total. The predicted molar refractivity (Wildman–Crippen MR) is 103 cm³/mol. The van der Waals surface area contributed by atoms with Gasteiger partial charge >= 0.3 is 0 Å². The maximum atomic E-state index is 5.80. The fourth-order valence-corrected chi connectivity index (χ4v) is 4.50. The molecule has 2 heterocycles. The summed E-state index contributed by atoms with van der Waals surface area (Å²) in [5.41, 5.74) is 1.48. The summed E-state index contributed by atoms with van der Waals surface area (Å²) in [5.74, 6) is 0. The number of aromatic nitrogens is 1. The van der Waals surface area contributed by atoms with Crippen molar-refractivity contribution in [1.29, 1.82) is 0 Å². The van der Waals surface area contributed by atoms with Crippen molar-refractivity contribution >= 4 is 17.3 Å². The summed E-state index contributed by atoms with van der Waals surface area (Å²) in [6, 6.07) is 5.13. The average Bonchev–Trinajstić information content (AvgIpc) is 3.26. The Balaban J connectivity index is 1.65. The van der Waals surface area contributed by atoms with Crippen LogP contribution in [0.1, 0.15) is 58.9 Å². The standard InChI is InChI=1S/C19H30N4S/c1-18(2)10-15(11-19(3,4)22-18)21-17(24)23(16-7-8-16)13-14-6-5-9-20-12-14/h5-6,9,12,15-16,22H,7-8,10-11,13H2,1-4H3,(H,21,24). The molecule has 5 heteroatoms. The summed E-state index contributed by atoms with van der Waals surface area (Å²) >= 11 is 5.80. The number of rotatable bonds is 4. The van der Waals surface area contributed by atoms with Crippen LogP contribution in [-0.2, 0) is 6.54 Å². The van der Waals surface area contributed by atoms with Gasteiger partial charge in [0.1, 0.15) is 0 Å². The summed E-state index contributed by atoms with van der Waals surface area (Å²) in [6.45, 7) is 9.96. The molecule has 1 aromatic rings. The molecule has 0 bridgehead atoms. The van der Waals surface area contributed by atoms with Crippen LogP contribution in [0.25, 0.3) is 0 Å². The van der Waals surface area contributed by atoms with Crippen LogP contribution in [0.2, 0.25) is 0 Å². The van der Waals surface area contributed by atoms with Crippen molar-refractivity contribution in [1.82, 2.24) is 20.5 Å². The highest BCUT2D eigenvalue weighted by Crippen LogP contribution is 2.31. The maximum Gasteiger partial charge on any atom is 0.169 e. The summed E-state index contributed by atoms with van der Waals surface area (Å²) in [6.07, 6.45) is 8.41.